The monoisotopic (exact) mass is 896 g/mol. The molecule has 0 saturated carbocycles. The number of hydrogen-bond donors (Lipinski definition) is 2. The number of anilines is 1. The number of halogens is 6. The highest BCUT2D eigenvalue weighted by molar-refractivity contribution is 8.14. The Morgan fingerprint density at radius 3 is 2.09 bits per heavy atom. The minimum absolute atomic E-state index is 0.185. The molecule has 2 aliphatic heterocycles. The van der Waals surface area contributed by atoms with Crippen molar-refractivity contribution in [2.24, 2.45) is 5.10 Å². The standard InChI is InChI=1S/C19H9Cl2FN4O3S.C19H13Cl2FN4OS/c20-11-2-1-3-12(21)17(11)18-13-5-7-16(24-25(13)9-23-19(18)27)30-15-6-4-10(22)8-14(15)26(28)29;20-11-2-1-3-12(21)17(11)18-14-5-7-16(25-26(14)9-24-19(18)27)28-15-6-4-10(22)8-13(15)23/h1-9H;1-8H,9,23H2,(H,24,27). The number of hydrogen-bond acceptors (Lipinski definition) is 11. The van der Waals surface area contributed by atoms with Gasteiger partial charge in [0.2, 0.25) is 0 Å². The van der Waals surface area contributed by atoms with Crippen molar-refractivity contribution in [3.63, 3.8) is 0 Å². The predicted octanol–water partition coefficient (Wildman–Crippen LogP) is 9.75. The van der Waals surface area contributed by atoms with Gasteiger partial charge in [-0.3, -0.25) is 19.7 Å². The van der Waals surface area contributed by atoms with E-state index in [2.05, 4.69) is 20.5 Å². The highest BCUT2D eigenvalue weighted by Crippen LogP contribution is 2.39. The van der Waals surface area contributed by atoms with Crippen LogP contribution in [0.3, 0.4) is 0 Å². The van der Waals surface area contributed by atoms with Gasteiger partial charge in [0.1, 0.15) is 34.7 Å². The van der Waals surface area contributed by atoms with Crippen LogP contribution in [0.5, 0.6) is 0 Å². The third kappa shape index (κ3) is 8.53. The lowest BCUT2D eigenvalue weighted by atomic mass is 10.0. The van der Waals surface area contributed by atoms with Crippen molar-refractivity contribution in [2.75, 3.05) is 12.4 Å². The fourth-order valence-corrected chi connectivity index (χ4v) is 8.58. The van der Waals surface area contributed by atoms with Crippen LogP contribution in [-0.4, -0.2) is 42.1 Å². The number of allylic oxidation sites excluding steroid dienone is 1. The first kappa shape index (κ1) is 40.7. The molecule has 4 heterocycles. The average Bonchev–Trinajstić information content (AvgIpc) is 3.18. The summed E-state index contributed by atoms with van der Waals surface area (Å²) in [5, 5.41) is 26.9. The molecule has 58 heavy (non-hydrogen) atoms. The van der Waals surface area contributed by atoms with Crippen molar-refractivity contribution in [2.45, 2.75) is 14.8 Å². The molecule has 4 aromatic carbocycles. The number of carbonyl (C=O) groups excluding carboxylic acids is 1. The molecule has 0 bridgehead atoms. The van der Waals surface area contributed by atoms with Crippen LogP contribution < -0.4 is 16.6 Å². The molecule has 292 valence electrons. The molecule has 6 aromatic rings. The molecule has 0 atom stereocenters. The maximum absolute atomic E-state index is 13.4. The predicted molar refractivity (Wildman–Crippen MR) is 223 cm³/mol. The molecule has 0 spiro atoms. The average molecular weight is 899 g/mol. The van der Waals surface area contributed by atoms with Gasteiger partial charge in [-0.2, -0.15) is 15.2 Å². The molecule has 8 rings (SSSR count). The van der Waals surface area contributed by atoms with E-state index in [0.29, 0.717) is 58.6 Å². The van der Waals surface area contributed by atoms with Crippen LogP contribution in [0, 0.1) is 21.7 Å². The van der Waals surface area contributed by atoms with E-state index in [1.165, 1.54) is 40.8 Å². The fourth-order valence-electron chi connectivity index (χ4n) is 5.73. The van der Waals surface area contributed by atoms with Crippen molar-refractivity contribution < 1.29 is 18.5 Å². The van der Waals surface area contributed by atoms with Crippen molar-refractivity contribution in [1.29, 1.82) is 0 Å². The topological polar surface area (TPSA) is 161 Å². The number of nitro groups is 1. The number of nitrogen functional groups attached to an aromatic ring is 1. The Kier molecular flexibility index (Phi) is 12.0. The van der Waals surface area contributed by atoms with Gasteiger partial charge < -0.3 is 11.1 Å². The molecular formula is C38H22Cl4F2N8O4S2. The minimum Gasteiger partial charge on any atom is -0.398 e. The van der Waals surface area contributed by atoms with Crippen LogP contribution in [0.4, 0.5) is 20.2 Å². The van der Waals surface area contributed by atoms with E-state index in [0.717, 1.165) is 23.9 Å². The molecule has 0 aliphatic carbocycles. The van der Waals surface area contributed by atoms with Crippen molar-refractivity contribution in [1.82, 2.24) is 24.9 Å². The molecular weight excluding hydrogens is 876 g/mol. The zero-order chi connectivity index (χ0) is 41.2. The molecule has 3 N–H and O–H groups in total. The van der Waals surface area contributed by atoms with E-state index >= 15 is 0 Å². The SMILES string of the molecule is Nc1cc(F)ccc1SC1=NN2CNC(=O)C(c3c(Cl)cccc3Cl)=C2C=C1.O=c1ncn2nc(Sc3ccc(F)cc3[N+](=O)[O-])ccc2c1-c1c(Cl)cccc1Cl. The van der Waals surface area contributed by atoms with E-state index in [-0.39, 0.29) is 38.8 Å². The lowest BCUT2D eigenvalue weighted by Crippen LogP contribution is -2.42. The van der Waals surface area contributed by atoms with Crippen LogP contribution in [0.1, 0.15) is 5.56 Å². The van der Waals surface area contributed by atoms with E-state index in [1.54, 1.807) is 71.8 Å². The summed E-state index contributed by atoms with van der Waals surface area (Å²) in [6.07, 6.45) is 4.78. The Hall–Kier alpha value is -5.49. The second kappa shape index (κ2) is 17.2. The number of nitrogens with two attached hydrogens (primary N) is 1. The number of amides is 1. The third-order valence-electron chi connectivity index (χ3n) is 8.29. The number of nitrogens with zero attached hydrogens (tertiary/aromatic N) is 6. The molecule has 0 saturated heterocycles. The normalized spacial score (nSPS) is 13.4. The zero-order valence-electron chi connectivity index (χ0n) is 29.0. The Labute approximate surface area is 355 Å². The molecule has 1 amide bonds. The maximum Gasteiger partial charge on any atom is 0.286 e. The van der Waals surface area contributed by atoms with Crippen LogP contribution in [-0.2, 0) is 4.79 Å². The fraction of sp³-hybridized carbons (Fsp3) is 0.0263. The van der Waals surface area contributed by atoms with E-state index in [9.17, 15) is 28.5 Å². The van der Waals surface area contributed by atoms with E-state index < -0.39 is 22.1 Å². The number of rotatable bonds is 6. The summed E-state index contributed by atoms with van der Waals surface area (Å²) in [4.78, 5) is 40.3. The van der Waals surface area contributed by atoms with Crippen LogP contribution in [0.25, 0.3) is 22.2 Å². The van der Waals surface area contributed by atoms with Gasteiger partial charge in [-0.1, -0.05) is 82.1 Å². The van der Waals surface area contributed by atoms with Gasteiger partial charge in [-0.15, -0.1) is 0 Å². The van der Waals surface area contributed by atoms with Gasteiger partial charge >= 0.3 is 0 Å². The number of carbonyl (C=O) groups is 1. The van der Waals surface area contributed by atoms with Crippen LogP contribution >= 0.6 is 69.9 Å². The molecule has 20 heteroatoms. The van der Waals surface area contributed by atoms with Crippen molar-refractivity contribution in [3.05, 3.63) is 167 Å². The number of hydrazone groups is 1. The highest BCUT2D eigenvalue weighted by Gasteiger charge is 2.30. The summed E-state index contributed by atoms with van der Waals surface area (Å²) >= 11 is 27.4. The molecule has 2 aliphatic rings. The first-order valence-corrected chi connectivity index (χ1v) is 19.6. The Morgan fingerprint density at radius 2 is 1.43 bits per heavy atom. The first-order valence-electron chi connectivity index (χ1n) is 16.5. The Morgan fingerprint density at radius 1 is 0.793 bits per heavy atom. The summed E-state index contributed by atoms with van der Waals surface area (Å²) in [5.74, 6) is -1.38. The maximum atomic E-state index is 13.4. The minimum atomic E-state index is -0.708. The summed E-state index contributed by atoms with van der Waals surface area (Å²) < 4.78 is 28.0. The van der Waals surface area contributed by atoms with Crippen molar-refractivity contribution >= 4 is 103 Å². The second-order valence-corrected chi connectivity index (χ2v) is 15.7. The lowest BCUT2D eigenvalue weighted by Gasteiger charge is -2.31. The summed E-state index contributed by atoms with van der Waals surface area (Å²) in [6.45, 7) is 0.201. The van der Waals surface area contributed by atoms with Gasteiger partial charge in [0.15, 0.2) is 0 Å². The van der Waals surface area contributed by atoms with Crippen molar-refractivity contribution in [3.8, 4) is 11.1 Å². The summed E-state index contributed by atoms with van der Waals surface area (Å²) in [6, 6.07) is 20.6. The lowest BCUT2D eigenvalue weighted by molar-refractivity contribution is -0.387. The number of nitrogens with one attached hydrogen (secondary N) is 1. The van der Waals surface area contributed by atoms with Gasteiger partial charge in [0, 0.05) is 21.7 Å². The molecule has 12 nitrogen and oxygen atoms in total. The van der Waals surface area contributed by atoms with E-state index in [4.69, 9.17) is 52.1 Å². The number of benzene rings is 4. The highest BCUT2D eigenvalue weighted by atomic mass is 35.5. The Bertz CT molecular complexity index is 2800. The third-order valence-corrected chi connectivity index (χ3v) is 11.6. The quantitative estimate of drug-likeness (QED) is 0.0936. The smallest absolute Gasteiger partial charge is 0.286 e. The van der Waals surface area contributed by atoms with Crippen LogP contribution in [0.15, 0.2) is 134 Å². The van der Waals surface area contributed by atoms with Crippen LogP contribution in [0.2, 0.25) is 20.1 Å². The molecule has 0 unspecified atom stereocenters. The first-order chi connectivity index (χ1) is 27.8. The van der Waals surface area contributed by atoms with E-state index in [1.807, 2.05) is 0 Å². The van der Waals surface area contributed by atoms with Gasteiger partial charge in [0.05, 0.1) is 58.3 Å². The zero-order valence-corrected chi connectivity index (χ0v) is 33.7. The molecule has 0 radical (unpaired) electrons. The largest absolute Gasteiger partial charge is 0.398 e. The number of nitro benzene ring substituents is 1. The number of thioether (sulfide) groups is 1. The van der Waals surface area contributed by atoms with Gasteiger partial charge in [-0.25, -0.2) is 18.3 Å². The van der Waals surface area contributed by atoms with Gasteiger partial charge in [-0.05, 0) is 78.9 Å². The number of aromatic nitrogens is 3. The molecule has 0 fully saturated rings. The number of fused-ring (bicyclic) bond motifs is 2. The van der Waals surface area contributed by atoms with Gasteiger partial charge in [0.25, 0.3) is 17.2 Å². The summed E-state index contributed by atoms with van der Waals surface area (Å²) in [7, 11) is 0. The Balaban J connectivity index is 0.000000177. The summed E-state index contributed by atoms with van der Waals surface area (Å²) in [5.41, 5.74) is 7.64. The second-order valence-electron chi connectivity index (χ2n) is 12.0. The molecule has 2 aromatic heterocycles.